The highest BCUT2D eigenvalue weighted by Crippen LogP contribution is 2.12. The largest absolute Gasteiger partial charge is 0.325 e. The summed E-state index contributed by atoms with van der Waals surface area (Å²) in [7, 11) is -3.24. The van der Waals surface area contributed by atoms with Crippen LogP contribution >= 0.6 is 0 Å². The summed E-state index contributed by atoms with van der Waals surface area (Å²) in [5.41, 5.74) is 1.06. The molecule has 8 heteroatoms. The molecule has 7 nitrogen and oxygen atoms in total. The maximum Gasteiger partial charge on any atom is 0.238 e. The molecule has 1 saturated heterocycles. The summed E-state index contributed by atoms with van der Waals surface area (Å²) in [6, 6.07) is 8.58. The standard InChI is InChI=1S/C15H20N4O3S/c1-23(21,22)18-14-6-3-7-19(10-14)11-15(20)17-13-5-2-4-12(8-13)9-16/h2,4-5,8,14,18H,3,6-7,10-11H2,1H3,(H,17,20). The summed E-state index contributed by atoms with van der Waals surface area (Å²) in [5, 5.41) is 11.6. The first-order valence-electron chi connectivity index (χ1n) is 7.35. The number of benzene rings is 1. The van der Waals surface area contributed by atoms with Crippen molar-refractivity contribution in [1.82, 2.24) is 9.62 Å². The number of hydrogen-bond acceptors (Lipinski definition) is 5. The van der Waals surface area contributed by atoms with Crippen LogP contribution in [0.4, 0.5) is 5.69 Å². The van der Waals surface area contributed by atoms with Crippen LogP contribution in [-0.4, -0.2) is 51.2 Å². The topological polar surface area (TPSA) is 102 Å². The number of carbonyl (C=O) groups excluding carboxylic acids is 1. The van der Waals surface area contributed by atoms with E-state index in [0.717, 1.165) is 25.6 Å². The molecule has 124 valence electrons. The first kappa shape index (κ1) is 17.4. The van der Waals surface area contributed by atoms with Crippen LogP contribution in [0.3, 0.4) is 0 Å². The molecule has 1 aromatic rings. The van der Waals surface area contributed by atoms with Crippen molar-refractivity contribution in [2.45, 2.75) is 18.9 Å². The highest BCUT2D eigenvalue weighted by molar-refractivity contribution is 7.88. The fourth-order valence-electron chi connectivity index (χ4n) is 2.67. The van der Waals surface area contributed by atoms with Crippen molar-refractivity contribution in [1.29, 1.82) is 5.26 Å². The summed E-state index contributed by atoms with van der Waals surface area (Å²) in [5.74, 6) is -0.180. The predicted molar refractivity (Wildman–Crippen MR) is 87.2 cm³/mol. The summed E-state index contributed by atoms with van der Waals surface area (Å²) < 4.78 is 25.2. The highest BCUT2D eigenvalue weighted by atomic mass is 32.2. The third kappa shape index (κ3) is 5.98. The third-order valence-electron chi connectivity index (χ3n) is 3.53. The second-order valence-electron chi connectivity index (χ2n) is 5.71. The van der Waals surface area contributed by atoms with Crippen LogP contribution in [0, 0.1) is 11.3 Å². The minimum Gasteiger partial charge on any atom is -0.325 e. The van der Waals surface area contributed by atoms with E-state index in [4.69, 9.17) is 5.26 Å². The van der Waals surface area contributed by atoms with Gasteiger partial charge in [-0.05, 0) is 37.6 Å². The number of anilines is 1. The molecule has 0 saturated carbocycles. The van der Waals surface area contributed by atoms with Gasteiger partial charge in [-0.1, -0.05) is 6.07 Å². The normalized spacial score (nSPS) is 19.0. The van der Waals surface area contributed by atoms with Crippen molar-refractivity contribution in [2.75, 3.05) is 31.2 Å². The molecule has 1 amide bonds. The van der Waals surface area contributed by atoms with Gasteiger partial charge in [0.05, 0.1) is 24.4 Å². The number of nitrogens with one attached hydrogen (secondary N) is 2. The maximum absolute atomic E-state index is 12.1. The first-order valence-corrected chi connectivity index (χ1v) is 9.24. The van der Waals surface area contributed by atoms with Gasteiger partial charge in [0.2, 0.25) is 15.9 Å². The van der Waals surface area contributed by atoms with Gasteiger partial charge in [-0.2, -0.15) is 5.26 Å². The van der Waals surface area contributed by atoms with Gasteiger partial charge in [-0.25, -0.2) is 13.1 Å². The monoisotopic (exact) mass is 336 g/mol. The number of hydrogen-bond donors (Lipinski definition) is 2. The second-order valence-corrected chi connectivity index (χ2v) is 7.49. The number of sulfonamides is 1. The maximum atomic E-state index is 12.1. The number of nitrogens with zero attached hydrogens (tertiary/aromatic N) is 2. The fourth-order valence-corrected chi connectivity index (χ4v) is 3.47. The van der Waals surface area contributed by atoms with Crippen LogP contribution in [0.1, 0.15) is 18.4 Å². The molecule has 1 aromatic carbocycles. The van der Waals surface area contributed by atoms with Crippen LogP contribution in [0.2, 0.25) is 0 Å². The fraction of sp³-hybridized carbons (Fsp3) is 0.467. The van der Waals surface area contributed by atoms with Gasteiger partial charge >= 0.3 is 0 Å². The van der Waals surface area contributed by atoms with Crippen molar-refractivity contribution in [3.8, 4) is 6.07 Å². The van der Waals surface area contributed by atoms with E-state index in [-0.39, 0.29) is 18.5 Å². The first-order chi connectivity index (χ1) is 10.9. The van der Waals surface area contributed by atoms with Crippen molar-refractivity contribution in [3.05, 3.63) is 29.8 Å². The van der Waals surface area contributed by atoms with E-state index in [0.29, 0.717) is 17.8 Å². The Kier molecular flexibility index (Phi) is 5.71. The number of nitriles is 1. The molecule has 0 spiro atoms. The highest BCUT2D eigenvalue weighted by Gasteiger charge is 2.23. The van der Waals surface area contributed by atoms with Crippen LogP contribution in [0.5, 0.6) is 0 Å². The lowest BCUT2D eigenvalue weighted by molar-refractivity contribution is -0.117. The lowest BCUT2D eigenvalue weighted by Crippen LogP contribution is -2.49. The van der Waals surface area contributed by atoms with E-state index in [1.165, 1.54) is 0 Å². The van der Waals surface area contributed by atoms with E-state index in [1.807, 2.05) is 11.0 Å². The van der Waals surface area contributed by atoms with E-state index in [9.17, 15) is 13.2 Å². The molecule has 0 aromatic heterocycles. The Morgan fingerprint density at radius 3 is 2.96 bits per heavy atom. The Bertz CT molecular complexity index is 712. The summed E-state index contributed by atoms with van der Waals surface area (Å²) in [6.45, 7) is 1.46. The number of rotatable bonds is 5. The van der Waals surface area contributed by atoms with Gasteiger partial charge < -0.3 is 5.32 Å². The number of piperidine rings is 1. The molecule has 0 aliphatic carbocycles. The molecular weight excluding hydrogens is 316 g/mol. The van der Waals surface area contributed by atoms with Crippen LogP contribution in [0.25, 0.3) is 0 Å². The Balaban J connectivity index is 1.88. The number of carbonyl (C=O) groups is 1. The third-order valence-corrected chi connectivity index (χ3v) is 4.29. The molecule has 1 atom stereocenters. The Morgan fingerprint density at radius 2 is 2.26 bits per heavy atom. The summed E-state index contributed by atoms with van der Waals surface area (Å²) >= 11 is 0. The smallest absolute Gasteiger partial charge is 0.238 e. The summed E-state index contributed by atoms with van der Waals surface area (Å²) in [6.07, 6.45) is 2.75. The van der Waals surface area contributed by atoms with Crippen molar-refractivity contribution in [3.63, 3.8) is 0 Å². The minimum atomic E-state index is -3.24. The predicted octanol–water partition coefficient (Wildman–Crippen LogP) is 0.510. The van der Waals surface area contributed by atoms with Crippen LogP contribution in [0.15, 0.2) is 24.3 Å². The van der Waals surface area contributed by atoms with Crippen molar-refractivity contribution in [2.24, 2.45) is 0 Å². The number of likely N-dealkylation sites (tertiary alicyclic amines) is 1. The van der Waals surface area contributed by atoms with E-state index in [1.54, 1.807) is 24.3 Å². The average Bonchev–Trinajstić information content (AvgIpc) is 2.45. The van der Waals surface area contributed by atoms with Gasteiger partial charge in [0.1, 0.15) is 0 Å². The van der Waals surface area contributed by atoms with E-state index < -0.39 is 10.0 Å². The summed E-state index contributed by atoms with van der Waals surface area (Å²) in [4.78, 5) is 14.0. The van der Waals surface area contributed by atoms with E-state index >= 15 is 0 Å². The molecular formula is C15H20N4O3S. The van der Waals surface area contributed by atoms with Crippen molar-refractivity contribution >= 4 is 21.6 Å². The molecule has 2 rings (SSSR count). The molecule has 1 fully saturated rings. The molecule has 1 aliphatic rings. The zero-order valence-corrected chi connectivity index (χ0v) is 13.8. The molecule has 2 N–H and O–H groups in total. The van der Waals surface area contributed by atoms with Gasteiger partial charge in [-0.3, -0.25) is 9.69 Å². The SMILES string of the molecule is CS(=O)(=O)NC1CCCN(CC(=O)Nc2cccc(C#N)c2)C1. The second kappa shape index (κ2) is 7.55. The lowest BCUT2D eigenvalue weighted by Gasteiger charge is -2.32. The van der Waals surface area contributed by atoms with Crippen LogP contribution < -0.4 is 10.0 Å². The van der Waals surface area contributed by atoms with Gasteiger partial charge in [0.25, 0.3) is 0 Å². The molecule has 23 heavy (non-hydrogen) atoms. The van der Waals surface area contributed by atoms with Crippen LogP contribution in [-0.2, 0) is 14.8 Å². The molecule has 1 unspecified atom stereocenters. The Hall–Kier alpha value is -1.95. The minimum absolute atomic E-state index is 0.159. The van der Waals surface area contributed by atoms with E-state index in [2.05, 4.69) is 10.0 Å². The zero-order valence-electron chi connectivity index (χ0n) is 12.9. The Labute approximate surface area is 136 Å². The average molecular weight is 336 g/mol. The quantitative estimate of drug-likeness (QED) is 0.816. The molecule has 1 aliphatic heterocycles. The molecule has 0 bridgehead atoms. The van der Waals surface area contributed by atoms with Crippen molar-refractivity contribution < 1.29 is 13.2 Å². The van der Waals surface area contributed by atoms with Gasteiger partial charge in [0, 0.05) is 18.3 Å². The number of amides is 1. The Morgan fingerprint density at radius 1 is 1.48 bits per heavy atom. The van der Waals surface area contributed by atoms with Gasteiger partial charge in [0.15, 0.2) is 0 Å². The lowest BCUT2D eigenvalue weighted by atomic mass is 10.1. The molecule has 0 radical (unpaired) electrons. The zero-order chi connectivity index (χ0) is 16.9. The molecule has 1 heterocycles. The van der Waals surface area contributed by atoms with Gasteiger partial charge in [-0.15, -0.1) is 0 Å².